The van der Waals surface area contributed by atoms with Crippen LogP contribution in [0, 0.1) is 6.92 Å². The Kier molecular flexibility index (Phi) is 6.52. The van der Waals surface area contributed by atoms with Gasteiger partial charge in [-0.15, -0.1) is 10.5 Å². The van der Waals surface area contributed by atoms with E-state index in [0.29, 0.717) is 0 Å². The molecule has 0 saturated heterocycles. The molecule has 0 aliphatic heterocycles. The van der Waals surface area contributed by atoms with Crippen LogP contribution in [0.3, 0.4) is 0 Å². The predicted octanol–water partition coefficient (Wildman–Crippen LogP) is 3.80. The number of aromatic amines is 1. The van der Waals surface area contributed by atoms with E-state index in [0.717, 1.165) is 38.9 Å². The van der Waals surface area contributed by atoms with Crippen LogP contribution in [0.4, 0.5) is 0 Å². The van der Waals surface area contributed by atoms with Gasteiger partial charge in [0.1, 0.15) is 5.75 Å². The van der Waals surface area contributed by atoms with Crippen LogP contribution >= 0.6 is 10.5 Å². The number of pyridine rings is 1. The van der Waals surface area contributed by atoms with Crippen molar-refractivity contribution < 1.29 is 9.47 Å². The number of nitrogens with one attached hydrogen (secondary N) is 1. The number of imidazole rings is 1. The summed E-state index contributed by atoms with van der Waals surface area (Å²) in [5, 5.41) is 0.917. The highest BCUT2D eigenvalue weighted by molar-refractivity contribution is 8.13. The molecule has 1 aromatic carbocycles. The first kappa shape index (κ1) is 18.2. The molecule has 0 radical (unpaired) electrons. The third kappa shape index (κ3) is 4.21. The topological polar surface area (TPSA) is 60.0 Å². The summed E-state index contributed by atoms with van der Waals surface area (Å²) in [7, 11) is 4.65. The Bertz CT molecular complexity index is 797. The molecule has 24 heavy (non-hydrogen) atoms. The molecule has 1 atom stereocenters. The molecular weight excluding hydrogens is 322 g/mol. The first-order valence-electron chi connectivity index (χ1n) is 7.44. The van der Waals surface area contributed by atoms with E-state index in [1.165, 1.54) is 0 Å². The van der Waals surface area contributed by atoms with E-state index in [1.807, 2.05) is 37.3 Å². The monoisotopic (exact) mass is 345 g/mol. The Morgan fingerprint density at radius 2 is 1.88 bits per heavy atom. The van der Waals surface area contributed by atoms with Gasteiger partial charge in [0.15, 0.2) is 5.16 Å². The van der Waals surface area contributed by atoms with E-state index < -0.39 is 0 Å². The lowest BCUT2D eigenvalue weighted by molar-refractivity contribution is 0.277. The molecule has 0 bridgehead atoms. The highest BCUT2D eigenvalue weighted by Crippen LogP contribution is 2.30. The van der Waals surface area contributed by atoms with Gasteiger partial charge in [0, 0.05) is 31.7 Å². The summed E-state index contributed by atoms with van der Waals surface area (Å²) < 4.78 is 9.59. The number of fused-ring (bicyclic) bond motifs is 1. The fourth-order valence-electron chi connectivity index (χ4n) is 2.23. The predicted molar refractivity (Wildman–Crippen MR) is 101 cm³/mol. The fraction of sp³-hybridized carbons (Fsp3) is 0.278. The Hall–Kier alpha value is -2.18. The smallest absolute Gasteiger partial charge is 0.160 e. The number of hydrogen-bond donors (Lipinski definition) is 1. The summed E-state index contributed by atoms with van der Waals surface area (Å²) >= 11 is 0. The maximum atomic E-state index is 5.34. The molecule has 0 aliphatic carbocycles. The summed E-state index contributed by atoms with van der Waals surface area (Å²) in [6.45, 7) is 2.02. The number of para-hydroxylation sites is 2. The quantitative estimate of drug-likeness (QED) is 0.731. The largest absolute Gasteiger partial charge is 0.496 e. The van der Waals surface area contributed by atoms with Crippen molar-refractivity contribution in [2.75, 3.05) is 21.3 Å². The molecule has 3 rings (SSSR count). The maximum absolute atomic E-state index is 5.34. The van der Waals surface area contributed by atoms with Gasteiger partial charge >= 0.3 is 0 Å². The van der Waals surface area contributed by atoms with Crippen molar-refractivity contribution in [2.45, 2.75) is 17.8 Å². The maximum Gasteiger partial charge on any atom is 0.160 e. The van der Waals surface area contributed by atoms with Gasteiger partial charge in [0.05, 0.1) is 23.8 Å². The first-order valence-corrected chi connectivity index (χ1v) is 9.01. The second-order valence-corrected chi connectivity index (χ2v) is 6.85. The number of H-pyrrole nitrogens is 1. The van der Waals surface area contributed by atoms with Crippen LogP contribution in [-0.4, -0.2) is 42.2 Å². The van der Waals surface area contributed by atoms with Crippen molar-refractivity contribution in [1.29, 1.82) is 0 Å². The Labute approximate surface area is 145 Å². The lowest BCUT2D eigenvalue weighted by atomic mass is 10.2. The number of nitrogens with zero attached hydrogens (tertiary/aromatic N) is 2. The molecule has 2 heterocycles. The molecule has 0 fully saturated rings. The molecule has 5 nitrogen and oxygen atoms in total. The highest BCUT2D eigenvalue weighted by Gasteiger charge is 2.10. The van der Waals surface area contributed by atoms with Crippen molar-refractivity contribution in [3.05, 3.63) is 47.8 Å². The number of ether oxygens (including phenoxy) is 2. The van der Waals surface area contributed by atoms with E-state index in [-0.39, 0.29) is 10.5 Å². The Balaban J connectivity index is 0.000000647. The van der Waals surface area contributed by atoms with Crippen LogP contribution in [0.25, 0.3) is 11.0 Å². The van der Waals surface area contributed by atoms with Crippen molar-refractivity contribution in [2.24, 2.45) is 0 Å². The molecule has 3 aromatic rings. The average Bonchev–Trinajstić information content (AvgIpc) is 3.02. The fourth-order valence-corrected chi connectivity index (χ4v) is 3.46. The molecule has 128 valence electrons. The highest BCUT2D eigenvalue weighted by atomic mass is 32.2. The van der Waals surface area contributed by atoms with E-state index >= 15 is 0 Å². The molecule has 0 saturated carbocycles. The van der Waals surface area contributed by atoms with Gasteiger partial charge in [-0.2, -0.15) is 0 Å². The van der Waals surface area contributed by atoms with Gasteiger partial charge in [-0.1, -0.05) is 18.0 Å². The third-order valence-corrected chi connectivity index (χ3v) is 4.79. The number of aromatic nitrogens is 3. The van der Waals surface area contributed by atoms with Crippen LogP contribution in [0.2, 0.25) is 0 Å². The third-order valence-electron chi connectivity index (χ3n) is 3.43. The Morgan fingerprint density at radius 3 is 2.54 bits per heavy atom. The van der Waals surface area contributed by atoms with Crippen LogP contribution < -0.4 is 4.74 Å². The second-order valence-electron chi connectivity index (χ2n) is 5.19. The van der Waals surface area contributed by atoms with Crippen molar-refractivity contribution >= 4 is 27.4 Å². The minimum atomic E-state index is -0.272. The van der Waals surface area contributed by atoms with Gasteiger partial charge < -0.3 is 14.5 Å². The molecule has 0 aliphatic rings. The minimum absolute atomic E-state index is 0.272. The Morgan fingerprint density at radius 1 is 1.17 bits per heavy atom. The van der Waals surface area contributed by atoms with Gasteiger partial charge in [-0.05, 0) is 25.1 Å². The first-order chi connectivity index (χ1) is 11.6. The lowest BCUT2D eigenvalue weighted by Crippen LogP contribution is -1.97. The molecule has 6 heteroatoms. The molecular formula is C18H23N3O2S. The van der Waals surface area contributed by atoms with Gasteiger partial charge in [0.25, 0.3) is 0 Å². The van der Waals surface area contributed by atoms with Gasteiger partial charge in [-0.3, -0.25) is 4.98 Å². The van der Waals surface area contributed by atoms with E-state index in [1.54, 1.807) is 27.5 Å². The summed E-state index contributed by atoms with van der Waals surface area (Å²) in [4.78, 5) is 12.4. The SMILES string of the molecule is C=S(Cc1nccc(OC)c1C)c1nc2ccccc2[nH]1.COC. The van der Waals surface area contributed by atoms with Crippen molar-refractivity contribution in [3.8, 4) is 5.75 Å². The lowest BCUT2D eigenvalue weighted by Gasteiger charge is -2.10. The van der Waals surface area contributed by atoms with Crippen LogP contribution in [0.1, 0.15) is 11.3 Å². The van der Waals surface area contributed by atoms with Gasteiger partial charge in [0.2, 0.25) is 0 Å². The summed E-state index contributed by atoms with van der Waals surface area (Å²) in [5.41, 5.74) is 4.10. The molecule has 0 spiro atoms. The zero-order valence-corrected chi connectivity index (χ0v) is 15.3. The standard InChI is InChI=1S/C16H17N3OS.C2H6O/c1-11-14(17-9-8-15(11)20-2)10-21(3)16-18-12-6-4-5-7-13(12)19-16;1-3-2/h4-9H,3,10H2,1-2H3,(H,18,19);1-2H3. The number of hydrogen-bond acceptors (Lipinski definition) is 4. The molecule has 0 amide bonds. The molecule has 1 N–H and O–H groups in total. The van der Waals surface area contributed by atoms with Crippen LogP contribution in [0.5, 0.6) is 5.75 Å². The van der Waals surface area contributed by atoms with Crippen molar-refractivity contribution in [3.63, 3.8) is 0 Å². The normalized spacial score (nSPS) is 11.7. The summed E-state index contributed by atoms with van der Waals surface area (Å²) in [6, 6.07) is 9.89. The summed E-state index contributed by atoms with van der Waals surface area (Å²) in [6.07, 6.45) is 1.77. The van der Waals surface area contributed by atoms with Crippen LogP contribution in [-0.2, 0) is 10.5 Å². The van der Waals surface area contributed by atoms with E-state index in [4.69, 9.17) is 4.74 Å². The van der Waals surface area contributed by atoms with Crippen molar-refractivity contribution in [1.82, 2.24) is 15.0 Å². The number of methoxy groups -OCH3 is 2. The van der Waals surface area contributed by atoms with E-state index in [9.17, 15) is 0 Å². The average molecular weight is 345 g/mol. The van der Waals surface area contributed by atoms with Crippen LogP contribution in [0.15, 0.2) is 41.7 Å². The molecule has 1 unspecified atom stereocenters. The summed E-state index contributed by atoms with van der Waals surface area (Å²) in [5.74, 6) is 5.86. The number of rotatable bonds is 4. The van der Waals surface area contributed by atoms with Gasteiger partial charge in [-0.25, -0.2) is 4.98 Å². The molecule has 2 aromatic heterocycles. The zero-order chi connectivity index (χ0) is 17.5. The van der Waals surface area contributed by atoms with E-state index in [2.05, 4.69) is 25.6 Å². The second kappa shape index (κ2) is 8.61. The minimum Gasteiger partial charge on any atom is -0.496 e. The number of benzene rings is 1. The zero-order valence-electron chi connectivity index (χ0n) is 14.5.